The summed E-state index contributed by atoms with van der Waals surface area (Å²) in [4.78, 5) is 4.83. The van der Waals surface area contributed by atoms with Gasteiger partial charge in [-0.1, -0.05) is 111 Å². The van der Waals surface area contributed by atoms with Gasteiger partial charge in [-0.3, -0.25) is 4.99 Å². The van der Waals surface area contributed by atoms with Gasteiger partial charge in [0.2, 0.25) is 0 Å². The molecule has 0 saturated carbocycles. The quantitative estimate of drug-likeness (QED) is 0.190. The number of nitrogens with zero attached hydrogens (tertiary/aromatic N) is 1. The molecule has 0 aliphatic carbocycles. The largest absolute Gasteiger partial charge is 0.492 e. The molecule has 0 aromatic rings. The number of rotatable bonds is 20. The molecule has 0 bridgehead atoms. The number of unbranched alkanes of at least 4 members (excludes halogenated alkanes) is 12. The van der Waals surface area contributed by atoms with E-state index >= 15 is 0 Å². The fourth-order valence-electron chi connectivity index (χ4n) is 4.15. The van der Waals surface area contributed by atoms with Crippen LogP contribution in [0.25, 0.3) is 0 Å². The summed E-state index contributed by atoms with van der Waals surface area (Å²) in [6.45, 7) is 8.57. The van der Waals surface area contributed by atoms with E-state index in [9.17, 15) is 0 Å². The Kier molecular flexibility index (Phi) is 16.5. The molecular formula is C26H49NO. The Balaban J connectivity index is 2.22. The standard InChI is InChI=1S/C26H49NO/c1-4-7-10-12-13-14-15-16-18-23-28-25-21-22-27-26(25)24(19-9-6-3)20-17-11-8-5-2/h21,24H,4-20,22-23H2,1-3H3. The van der Waals surface area contributed by atoms with Gasteiger partial charge in [0, 0.05) is 5.92 Å². The fourth-order valence-corrected chi connectivity index (χ4v) is 4.15. The number of ether oxygens (including phenoxy) is 1. The van der Waals surface area contributed by atoms with Gasteiger partial charge in [0.05, 0.1) is 18.9 Å². The van der Waals surface area contributed by atoms with Crippen molar-refractivity contribution in [2.24, 2.45) is 10.9 Å². The Morgan fingerprint density at radius 1 is 0.714 bits per heavy atom. The van der Waals surface area contributed by atoms with Crippen LogP contribution in [0.1, 0.15) is 130 Å². The fraction of sp³-hybridized carbons (Fsp3) is 0.885. The lowest BCUT2D eigenvalue weighted by Gasteiger charge is -2.20. The highest BCUT2D eigenvalue weighted by Gasteiger charge is 2.23. The molecular weight excluding hydrogens is 342 g/mol. The number of allylic oxidation sites excluding steroid dienone is 1. The third-order valence-electron chi connectivity index (χ3n) is 6.00. The van der Waals surface area contributed by atoms with Crippen LogP contribution in [0, 0.1) is 5.92 Å². The van der Waals surface area contributed by atoms with Crippen LogP contribution < -0.4 is 0 Å². The molecule has 1 heterocycles. The van der Waals surface area contributed by atoms with Gasteiger partial charge in [-0.05, 0) is 25.3 Å². The van der Waals surface area contributed by atoms with Crippen molar-refractivity contribution in [1.82, 2.24) is 0 Å². The monoisotopic (exact) mass is 391 g/mol. The Bertz CT molecular complexity index is 413. The van der Waals surface area contributed by atoms with Crippen molar-refractivity contribution in [3.63, 3.8) is 0 Å². The van der Waals surface area contributed by atoms with E-state index in [2.05, 4.69) is 26.8 Å². The molecule has 2 heteroatoms. The highest BCUT2D eigenvalue weighted by atomic mass is 16.5. The van der Waals surface area contributed by atoms with Crippen molar-refractivity contribution in [3.05, 3.63) is 11.8 Å². The Hall–Kier alpha value is -0.790. The summed E-state index contributed by atoms with van der Waals surface area (Å²) < 4.78 is 6.19. The first-order valence-corrected chi connectivity index (χ1v) is 12.7. The third-order valence-corrected chi connectivity index (χ3v) is 6.00. The van der Waals surface area contributed by atoms with Crippen molar-refractivity contribution in [1.29, 1.82) is 0 Å². The van der Waals surface area contributed by atoms with Crippen LogP contribution in [0.15, 0.2) is 16.8 Å². The molecule has 0 aromatic carbocycles. The van der Waals surface area contributed by atoms with Gasteiger partial charge in [0.1, 0.15) is 5.76 Å². The van der Waals surface area contributed by atoms with E-state index < -0.39 is 0 Å². The molecule has 28 heavy (non-hydrogen) atoms. The van der Waals surface area contributed by atoms with Crippen molar-refractivity contribution >= 4 is 5.71 Å². The van der Waals surface area contributed by atoms with E-state index in [1.807, 2.05) is 0 Å². The second kappa shape index (κ2) is 18.3. The summed E-state index contributed by atoms with van der Waals surface area (Å²) in [6, 6.07) is 0. The Morgan fingerprint density at radius 2 is 1.25 bits per heavy atom. The minimum absolute atomic E-state index is 0.619. The SMILES string of the molecule is CCCCCCCCCCCOC1=CCN=C1C(CCCC)CCCCCC. The summed E-state index contributed by atoms with van der Waals surface area (Å²) in [5, 5.41) is 0. The summed E-state index contributed by atoms with van der Waals surface area (Å²) >= 11 is 0. The van der Waals surface area contributed by atoms with E-state index in [4.69, 9.17) is 9.73 Å². The molecule has 0 saturated heterocycles. The maximum atomic E-state index is 6.19. The predicted octanol–water partition coefficient (Wildman–Crippen LogP) is 8.65. The van der Waals surface area contributed by atoms with E-state index in [0.717, 1.165) is 18.9 Å². The molecule has 1 aliphatic heterocycles. The van der Waals surface area contributed by atoms with Crippen molar-refractivity contribution < 1.29 is 4.74 Å². The lowest BCUT2D eigenvalue weighted by molar-refractivity contribution is 0.220. The lowest BCUT2D eigenvalue weighted by Crippen LogP contribution is -2.17. The van der Waals surface area contributed by atoms with Crippen LogP contribution in [0.5, 0.6) is 0 Å². The average molecular weight is 392 g/mol. The summed E-state index contributed by atoms with van der Waals surface area (Å²) in [5.74, 6) is 1.74. The first-order chi connectivity index (χ1) is 13.8. The third kappa shape index (κ3) is 11.9. The van der Waals surface area contributed by atoms with Crippen molar-refractivity contribution in [3.8, 4) is 0 Å². The molecule has 0 radical (unpaired) electrons. The molecule has 1 unspecified atom stereocenters. The van der Waals surface area contributed by atoms with Crippen LogP contribution >= 0.6 is 0 Å². The van der Waals surface area contributed by atoms with Gasteiger partial charge < -0.3 is 4.74 Å². The first kappa shape index (κ1) is 25.2. The molecule has 0 N–H and O–H groups in total. The molecule has 1 atom stereocenters. The zero-order valence-electron chi connectivity index (χ0n) is 19.4. The van der Waals surface area contributed by atoms with Gasteiger partial charge in [-0.25, -0.2) is 0 Å². The topological polar surface area (TPSA) is 21.6 Å². The molecule has 164 valence electrons. The maximum Gasteiger partial charge on any atom is 0.138 e. The molecule has 2 nitrogen and oxygen atoms in total. The van der Waals surface area contributed by atoms with Crippen molar-refractivity contribution in [2.45, 2.75) is 130 Å². The Morgan fingerprint density at radius 3 is 1.89 bits per heavy atom. The molecule has 0 spiro atoms. The smallest absolute Gasteiger partial charge is 0.138 e. The van der Waals surface area contributed by atoms with Gasteiger partial charge in [0.25, 0.3) is 0 Å². The van der Waals surface area contributed by atoms with Crippen LogP contribution in [0.3, 0.4) is 0 Å². The zero-order chi connectivity index (χ0) is 20.3. The van der Waals surface area contributed by atoms with Crippen molar-refractivity contribution in [2.75, 3.05) is 13.2 Å². The molecule has 0 amide bonds. The highest BCUT2D eigenvalue weighted by Crippen LogP contribution is 2.26. The number of aliphatic imine (C=N–C) groups is 1. The first-order valence-electron chi connectivity index (χ1n) is 12.7. The Labute approximate surface area is 176 Å². The predicted molar refractivity (Wildman–Crippen MR) is 125 cm³/mol. The summed E-state index contributed by atoms with van der Waals surface area (Å²) in [5.41, 5.74) is 1.29. The van der Waals surface area contributed by atoms with E-state index in [-0.39, 0.29) is 0 Å². The number of hydrogen-bond donors (Lipinski definition) is 0. The molecule has 1 rings (SSSR count). The highest BCUT2D eigenvalue weighted by molar-refractivity contribution is 6.01. The van der Waals surface area contributed by atoms with Crippen LogP contribution in [0.2, 0.25) is 0 Å². The number of hydrogen-bond acceptors (Lipinski definition) is 2. The van der Waals surface area contributed by atoms with E-state index in [1.54, 1.807) is 0 Å². The van der Waals surface area contributed by atoms with Crippen LogP contribution in [-0.4, -0.2) is 18.9 Å². The van der Waals surface area contributed by atoms with Crippen LogP contribution in [-0.2, 0) is 4.74 Å². The molecule has 1 aliphatic rings. The minimum Gasteiger partial charge on any atom is -0.492 e. The minimum atomic E-state index is 0.619. The second-order valence-corrected chi connectivity index (χ2v) is 8.66. The van der Waals surface area contributed by atoms with E-state index in [1.165, 1.54) is 115 Å². The second-order valence-electron chi connectivity index (χ2n) is 8.66. The maximum absolute atomic E-state index is 6.19. The van der Waals surface area contributed by atoms with Gasteiger partial charge in [0.15, 0.2) is 0 Å². The zero-order valence-corrected chi connectivity index (χ0v) is 19.4. The van der Waals surface area contributed by atoms with Gasteiger partial charge in [-0.2, -0.15) is 0 Å². The van der Waals surface area contributed by atoms with Gasteiger partial charge >= 0.3 is 0 Å². The lowest BCUT2D eigenvalue weighted by atomic mass is 9.90. The molecule has 0 aromatic heterocycles. The summed E-state index contributed by atoms with van der Waals surface area (Å²) in [7, 11) is 0. The normalized spacial score (nSPS) is 14.8. The van der Waals surface area contributed by atoms with Gasteiger partial charge in [-0.15, -0.1) is 0 Å². The average Bonchev–Trinajstić information content (AvgIpc) is 3.17. The van der Waals surface area contributed by atoms with E-state index in [0.29, 0.717) is 5.92 Å². The van der Waals surface area contributed by atoms with Crippen LogP contribution in [0.4, 0.5) is 0 Å². The summed E-state index contributed by atoms with van der Waals surface area (Å²) in [6.07, 6.45) is 25.0. The molecule has 0 fully saturated rings.